The Bertz CT molecular complexity index is 892. The van der Waals surface area contributed by atoms with Crippen LogP contribution in [0.3, 0.4) is 0 Å². The molecule has 1 heterocycles. The van der Waals surface area contributed by atoms with Crippen LogP contribution >= 0.6 is 0 Å². The van der Waals surface area contributed by atoms with E-state index in [0.29, 0.717) is 32.0 Å². The lowest BCUT2D eigenvalue weighted by molar-refractivity contribution is -0.128. The Hall–Kier alpha value is -2.82. The average Bonchev–Trinajstić information content (AvgIpc) is 3.10. The van der Waals surface area contributed by atoms with Crippen molar-refractivity contribution in [2.75, 3.05) is 20.2 Å². The minimum absolute atomic E-state index is 0.00954. The highest BCUT2D eigenvalue weighted by Gasteiger charge is 2.30. The van der Waals surface area contributed by atoms with Crippen LogP contribution < -0.4 is 10.1 Å². The van der Waals surface area contributed by atoms with E-state index in [1.165, 1.54) is 5.56 Å². The third kappa shape index (κ3) is 6.33. The fourth-order valence-corrected chi connectivity index (χ4v) is 4.10. The van der Waals surface area contributed by atoms with Crippen molar-refractivity contribution in [3.63, 3.8) is 0 Å². The Morgan fingerprint density at radius 1 is 1.13 bits per heavy atom. The highest BCUT2D eigenvalue weighted by atomic mass is 16.5. The molecule has 1 N–H and O–H groups in total. The maximum atomic E-state index is 12.7. The Kier molecular flexibility index (Phi) is 7.72. The molecule has 1 aliphatic heterocycles. The molecule has 0 bridgehead atoms. The van der Waals surface area contributed by atoms with Gasteiger partial charge in [0.25, 0.3) is 0 Å². The lowest BCUT2D eigenvalue weighted by atomic mass is 9.96. The predicted molar refractivity (Wildman–Crippen MR) is 123 cm³/mol. The number of hydrogen-bond donors (Lipinski definition) is 1. The first-order chi connectivity index (χ1) is 14.9. The first kappa shape index (κ1) is 22.9. The van der Waals surface area contributed by atoms with Gasteiger partial charge in [-0.05, 0) is 48.1 Å². The van der Waals surface area contributed by atoms with Gasteiger partial charge in [0.1, 0.15) is 5.75 Å². The van der Waals surface area contributed by atoms with Gasteiger partial charge in [-0.3, -0.25) is 9.59 Å². The van der Waals surface area contributed by atoms with Gasteiger partial charge in [0.2, 0.25) is 11.8 Å². The highest BCUT2D eigenvalue weighted by Crippen LogP contribution is 2.22. The van der Waals surface area contributed by atoms with E-state index in [1.54, 1.807) is 7.11 Å². The molecule has 2 unspecified atom stereocenters. The minimum atomic E-state index is -0.210. The summed E-state index contributed by atoms with van der Waals surface area (Å²) in [5, 5.41) is 3.06. The van der Waals surface area contributed by atoms with E-state index < -0.39 is 0 Å². The zero-order chi connectivity index (χ0) is 22.4. The van der Waals surface area contributed by atoms with Crippen LogP contribution in [0.2, 0.25) is 0 Å². The fraction of sp³-hybridized carbons (Fsp3) is 0.462. The van der Waals surface area contributed by atoms with E-state index in [-0.39, 0.29) is 23.7 Å². The first-order valence-electron chi connectivity index (χ1n) is 11.1. The smallest absolute Gasteiger partial charge is 0.227 e. The van der Waals surface area contributed by atoms with Crippen LogP contribution in [0.15, 0.2) is 48.5 Å². The summed E-state index contributed by atoms with van der Waals surface area (Å²) < 4.78 is 5.26. The summed E-state index contributed by atoms with van der Waals surface area (Å²) in [6.07, 6.45) is 1.52. The summed E-state index contributed by atoms with van der Waals surface area (Å²) in [5.41, 5.74) is 3.37. The second kappa shape index (κ2) is 10.5. The quantitative estimate of drug-likeness (QED) is 0.660. The molecule has 0 radical (unpaired) electrons. The van der Waals surface area contributed by atoms with Gasteiger partial charge in [-0.1, -0.05) is 50.2 Å². The van der Waals surface area contributed by atoms with E-state index >= 15 is 0 Å². The molecule has 2 aromatic rings. The number of methoxy groups -OCH3 is 1. The average molecular weight is 423 g/mol. The largest absolute Gasteiger partial charge is 0.497 e. The van der Waals surface area contributed by atoms with E-state index in [9.17, 15) is 9.59 Å². The second-order valence-electron chi connectivity index (χ2n) is 9.00. The maximum Gasteiger partial charge on any atom is 0.227 e. The number of benzene rings is 2. The summed E-state index contributed by atoms with van der Waals surface area (Å²) in [6, 6.07) is 16.1. The predicted octanol–water partition coefficient (Wildman–Crippen LogP) is 4.16. The summed E-state index contributed by atoms with van der Waals surface area (Å²) >= 11 is 0. The molecule has 2 atom stereocenters. The zero-order valence-electron chi connectivity index (χ0n) is 19.1. The SMILES string of the molecule is COc1cccc(CN2CC(CNC(=O)C(C)c3ccc(CC(C)C)cc3)CC2=O)c1. The molecular weight excluding hydrogens is 388 g/mol. The van der Waals surface area contributed by atoms with E-state index in [1.807, 2.05) is 36.1 Å². The van der Waals surface area contributed by atoms with Crippen molar-refractivity contribution >= 4 is 11.8 Å². The third-order valence-electron chi connectivity index (χ3n) is 5.88. The molecule has 1 saturated heterocycles. The molecule has 3 rings (SSSR count). The van der Waals surface area contributed by atoms with Crippen molar-refractivity contribution in [2.24, 2.45) is 11.8 Å². The van der Waals surface area contributed by atoms with Gasteiger partial charge in [0, 0.05) is 32.0 Å². The summed E-state index contributed by atoms with van der Waals surface area (Å²) in [6.45, 7) is 8.09. The van der Waals surface area contributed by atoms with Crippen molar-refractivity contribution in [1.29, 1.82) is 0 Å². The molecule has 1 fully saturated rings. The van der Waals surface area contributed by atoms with E-state index in [0.717, 1.165) is 23.3 Å². The number of carbonyl (C=O) groups excluding carboxylic acids is 2. The van der Waals surface area contributed by atoms with Crippen molar-refractivity contribution in [3.8, 4) is 5.75 Å². The number of nitrogens with zero attached hydrogens (tertiary/aromatic N) is 1. The van der Waals surface area contributed by atoms with Crippen LogP contribution in [0, 0.1) is 11.8 Å². The number of hydrogen-bond acceptors (Lipinski definition) is 3. The summed E-state index contributed by atoms with van der Waals surface area (Å²) in [5.74, 6) is 1.48. The number of carbonyl (C=O) groups is 2. The van der Waals surface area contributed by atoms with E-state index in [2.05, 4.69) is 43.4 Å². The van der Waals surface area contributed by atoms with E-state index in [4.69, 9.17) is 4.74 Å². The molecule has 5 heteroatoms. The normalized spacial score (nSPS) is 17.1. The van der Waals surface area contributed by atoms with Crippen LogP contribution in [-0.4, -0.2) is 36.9 Å². The monoisotopic (exact) mass is 422 g/mol. The van der Waals surface area contributed by atoms with Crippen molar-refractivity contribution < 1.29 is 14.3 Å². The highest BCUT2D eigenvalue weighted by molar-refractivity contribution is 5.83. The van der Waals surface area contributed by atoms with Crippen LogP contribution in [0.1, 0.15) is 49.8 Å². The van der Waals surface area contributed by atoms with Crippen molar-refractivity contribution in [3.05, 3.63) is 65.2 Å². The minimum Gasteiger partial charge on any atom is -0.497 e. The number of rotatable bonds is 9. The fourth-order valence-electron chi connectivity index (χ4n) is 4.10. The van der Waals surface area contributed by atoms with Crippen LogP contribution in [0.4, 0.5) is 0 Å². The van der Waals surface area contributed by atoms with Crippen LogP contribution in [0.25, 0.3) is 0 Å². The maximum absolute atomic E-state index is 12.7. The van der Waals surface area contributed by atoms with Crippen LogP contribution in [-0.2, 0) is 22.6 Å². The molecule has 31 heavy (non-hydrogen) atoms. The topological polar surface area (TPSA) is 58.6 Å². The van der Waals surface area contributed by atoms with Gasteiger partial charge in [0.05, 0.1) is 13.0 Å². The Labute approximate surface area is 185 Å². The van der Waals surface area contributed by atoms with Gasteiger partial charge in [-0.15, -0.1) is 0 Å². The number of ether oxygens (including phenoxy) is 1. The Morgan fingerprint density at radius 3 is 2.55 bits per heavy atom. The molecule has 5 nitrogen and oxygen atoms in total. The Balaban J connectivity index is 1.49. The van der Waals surface area contributed by atoms with Gasteiger partial charge in [-0.25, -0.2) is 0 Å². The zero-order valence-corrected chi connectivity index (χ0v) is 19.1. The molecule has 2 aromatic carbocycles. The molecule has 2 amide bonds. The molecule has 1 aliphatic rings. The Morgan fingerprint density at radius 2 is 1.87 bits per heavy atom. The van der Waals surface area contributed by atoms with Gasteiger partial charge in [0.15, 0.2) is 0 Å². The van der Waals surface area contributed by atoms with Gasteiger partial charge >= 0.3 is 0 Å². The third-order valence-corrected chi connectivity index (χ3v) is 5.88. The number of amides is 2. The molecule has 166 valence electrons. The molecule has 0 aromatic heterocycles. The standard InChI is InChI=1S/C26H34N2O3/c1-18(2)12-20-8-10-23(11-9-20)19(3)26(30)27-15-22-14-25(29)28(17-22)16-21-6-5-7-24(13-21)31-4/h5-11,13,18-19,22H,12,14-17H2,1-4H3,(H,27,30). The second-order valence-corrected chi connectivity index (χ2v) is 9.00. The van der Waals surface area contributed by atoms with Crippen molar-refractivity contribution in [2.45, 2.75) is 46.1 Å². The van der Waals surface area contributed by atoms with Gasteiger partial charge < -0.3 is 15.0 Å². The van der Waals surface area contributed by atoms with Crippen molar-refractivity contribution in [1.82, 2.24) is 10.2 Å². The summed E-state index contributed by atoms with van der Waals surface area (Å²) in [7, 11) is 1.64. The molecule has 0 saturated carbocycles. The lowest BCUT2D eigenvalue weighted by Crippen LogP contribution is -2.33. The molecular formula is C26H34N2O3. The first-order valence-corrected chi connectivity index (χ1v) is 11.1. The lowest BCUT2D eigenvalue weighted by Gasteiger charge is -2.18. The summed E-state index contributed by atoms with van der Waals surface area (Å²) in [4.78, 5) is 27.0. The van der Waals surface area contributed by atoms with Gasteiger partial charge in [-0.2, -0.15) is 0 Å². The van der Waals surface area contributed by atoms with Crippen LogP contribution in [0.5, 0.6) is 5.75 Å². The number of likely N-dealkylation sites (tertiary alicyclic amines) is 1. The molecule has 0 aliphatic carbocycles. The number of nitrogens with one attached hydrogen (secondary N) is 1. The molecule has 0 spiro atoms.